The van der Waals surface area contributed by atoms with Crippen LogP contribution in [-0.4, -0.2) is 9.55 Å². The number of aromatic nitrogens is 2. The second-order valence-electron chi connectivity index (χ2n) is 5.68. The quantitative estimate of drug-likeness (QED) is 0.709. The molecule has 0 fully saturated rings. The number of unbranched alkanes of at least 4 members (excludes halogenated alkanes) is 1. The molecule has 4 heteroatoms. The van der Waals surface area contributed by atoms with Crippen LogP contribution in [-0.2, 0) is 6.54 Å². The summed E-state index contributed by atoms with van der Waals surface area (Å²) in [6.07, 6.45) is 3.75. The Morgan fingerprint density at radius 3 is 2.59 bits per heavy atom. The minimum atomic E-state index is 0.0818. The molecule has 22 heavy (non-hydrogen) atoms. The SMILES string of the molecule is CCCCn1cnc2sc(C)c(-c3ccc(C)cc3)c2c1=O. The summed E-state index contributed by atoms with van der Waals surface area (Å²) in [5, 5.41) is 0.768. The molecular formula is C18H20N2OS. The molecule has 0 atom stereocenters. The molecule has 3 rings (SSSR count). The van der Waals surface area contributed by atoms with Crippen molar-refractivity contribution in [3.63, 3.8) is 0 Å². The minimum absolute atomic E-state index is 0.0818. The van der Waals surface area contributed by atoms with Gasteiger partial charge in [0.05, 0.1) is 11.7 Å². The Labute approximate surface area is 134 Å². The minimum Gasteiger partial charge on any atom is -0.299 e. The van der Waals surface area contributed by atoms with E-state index in [1.165, 1.54) is 5.56 Å². The maximum absolute atomic E-state index is 12.8. The normalized spacial score (nSPS) is 11.2. The largest absolute Gasteiger partial charge is 0.299 e. The molecule has 114 valence electrons. The molecular weight excluding hydrogens is 292 g/mol. The Morgan fingerprint density at radius 2 is 1.91 bits per heavy atom. The first-order valence-corrected chi connectivity index (χ1v) is 8.49. The van der Waals surface area contributed by atoms with Crippen molar-refractivity contribution in [2.24, 2.45) is 0 Å². The fraction of sp³-hybridized carbons (Fsp3) is 0.333. The number of hydrogen-bond acceptors (Lipinski definition) is 3. The van der Waals surface area contributed by atoms with Gasteiger partial charge in [0.2, 0.25) is 0 Å². The Hall–Kier alpha value is -1.94. The van der Waals surface area contributed by atoms with E-state index in [-0.39, 0.29) is 5.56 Å². The van der Waals surface area contributed by atoms with Crippen molar-refractivity contribution in [3.8, 4) is 11.1 Å². The van der Waals surface area contributed by atoms with Crippen LogP contribution in [0.1, 0.15) is 30.2 Å². The van der Waals surface area contributed by atoms with Gasteiger partial charge in [0.25, 0.3) is 5.56 Å². The van der Waals surface area contributed by atoms with E-state index in [0.29, 0.717) is 0 Å². The van der Waals surface area contributed by atoms with Crippen LogP contribution in [0.25, 0.3) is 21.3 Å². The summed E-state index contributed by atoms with van der Waals surface area (Å²) in [5.74, 6) is 0. The fourth-order valence-corrected chi connectivity index (χ4v) is 3.70. The second-order valence-corrected chi connectivity index (χ2v) is 6.88. The molecule has 2 aromatic heterocycles. The van der Waals surface area contributed by atoms with E-state index in [0.717, 1.165) is 45.6 Å². The topological polar surface area (TPSA) is 34.9 Å². The van der Waals surface area contributed by atoms with Gasteiger partial charge in [-0.05, 0) is 25.8 Å². The fourth-order valence-electron chi connectivity index (χ4n) is 2.69. The summed E-state index contributed by atoms with van der Waals surface area (Å²) in [6.45, 7) is 7.00. The van der Waals surface area contributed by atoms with Gasteiger partial charge in [0.1, 0.15) is 4.83 Å². The highest BCUT2D eigenvalue weighted by atomic mass is 32.1. The van der Waals surface area contributed by atoms with Gasteiger partial charge >= 0.3 is 0 Å². The predicted octanol–water partition coefficient (Wildman–Crippen LogP) is 4.54. The highest BCUT2D eigenvalue weighted by Gasteiger charge is 2.16. The number of aryl methyl sites for hydroxylation is 3. The maximum Gasteiger partial charge on any atom is 0.262 e. The highest BCUT2D eigenvalue weighted by molar-refractivity contribution is 7.19. The second kappa shape index (κ2) is 6.05. The van der Waals surface area contributed by atoms with Gasteiger partial charge in [-0.1, -0.05) is 43.2 Å². The van der Waals surface area contributed by atoms with E-state index in [2.05, 4.69) is 50.0 Å². The van der Waals surface area contributed by atoms with Gasteiger partial charge in [-0.2, -0.15) is 0 Å². The van der Waals surface area contributed by atoms with E-state index in [1.807, 2.05) is 0 Å². The predicted molar refractivity (Wildman–Crippen MR) is 93.7 cm³/mol. The Kier molecular flexibility index (Phi) is 4.12. The van der Waals surface area contributed by atoms with Crippen LogP contribution in [0.5, 0.6) is 0 Å². The van der Waals surface area contributed by atoms with E-state index in [1.54, 1.807) is 22.2 Å². The molecule has 0 unspecified atom stereocenters. The zero-order valence-corrected chi connectivity index (χ0v) is 14.0. The van der Waals surface area contributed by atoms with Gasteiger partial charge in [0, 0.05) is 17.0 Å². The molecule has 0 aliphatic carbocycles. The van der Waals surface area contributed by atoms with Gasteiger partial charge < -0.3 is 0 Å². The molecule has 3 aromatic rings. The molecule has 3 nitrogen and oxygen atoms in total. The first-order valence-electron chi connectivity index (χ1n) is 7.67. The maximum atomic E-state index is 12.8. The zero-order valence-electron chi connectivity index (χ0n) is 13.2. The van der Waals surface area contributed by atoms with Gasteiger partial charge in [-0.15, -0.1) is 11.3 Å². The Balaban J connectivity index is 2.23. The van der Waals surface area contributed by atoms with Crippen LogP contribution in [0.4, 0.5) is 0 Å². The smallest absolute Gasteiger partial charge is 0.262 e. The van der Waals surface area contributed by atoms with Crippen molar-refractivity contribution in [2.45, 2.75) is 40.2 Å². The number of fused-ring (bicyclic) bond motifs is 1. The van der Waals surface area contributed by atoms with Crippen LogP contribution in [0.3, 0.4) is 0 Å². The summed E-state index contributed by atoms with van der Waals surface area (Å²) >= 11 is 1.60. The third-order valence-electron chi connectivity index (χ3n) is 3.95. The number of rotatable bonds is 4. The van der Waals surface area contributed by atoms with Crippen LogP contribution in [0.15, 0.2) is 35.4 Å². The lowest BCUT2D eigenvalue weighted by Crippen LogP contribution is -2.20. The first-order chi connectivity index (χ1) is 10.6. The van der Waals surface area contributed by atoms with Crippen LogP contribution >= 0.6 is 11.3 Å². The average Bonchev–Trinajstić information content (AvgIpc) is 2.85. The Morgan fingerprint density at radius 1 is 1.18 bits per heavy atom. The summed E-state index contributed by atoms with van der Waals surface area (Å²) in [7, 11) is 0. The molecule has 0 aliphatic heterocycles. The van der Waals surface area contributed by atoms with Crippen LogP contribution in [0, 0.1) is 13.8 Å². The number of nitrogens with zero attached hydrogens (tertiary/aromatic N) is 2. The third kappa shape index (κ3) is 2.59. The van der Waals surface area contributed by atoms with E-state index in [9.17, 15) is 4.79 Å². The van der Waals surface area contributed by atoms with Crippen molar-refractivity contribution in [1.29, 1.82) is 0 Å². The first kappa shape index (κ1) is 15.0. The zero-order chi connectivity index (χ0) is 15.7. The molecule has 0 N–H and O–H groups in total. The molecule has 1 aromatic carbocycles. The Bertz CT molecular complexity index is 859. The lowest BCUT2D eigenvalue weighted by Gasteiger charge is -2.06. The third-order valence-corrected chi connectivity index (χ3v) is 4.96. The molecule has 0 saturated heterocycles. The van der Waals surface area contributed by atoms with Crippen LogP contribution in [0.2, 0.25) is 0 Å². The molecule has 0 aliphatic rings. The summed E-state index contributed by atoms with van der Waals surface area (Å²) < 4.78 is 1.75. The lowest BCUT2D eigenvalue weighted by atomic mass is 10.0. The lowest BCUT2D eigenvalue weighted by molar-refractivity contribution is 0.609. The van der Waals surface area contributed by atoms with Crippen molar-refractivity contribution < 1.29 is 0 Å². The molecule has 0 amide bonds. The average molecular weight is 312 g/mol. The molecule has 0 bridgehead atoms. The van der Waals surface area contributed by atoms with Gasteiger partial charge in [-0.3, -0.25) is 9.36 Å². The summed E-state index contributed by atoms with van der Waals surface area (Å²) in [6, 6.07) is 8.35. The van der Waals surface area contributed by atoms with E-state index >= 15 is 0 Å². The monoisotopic (exact) mass is 312 g/mol. The molecule has 2 heterocycles. The standard InChI is InChI=1S/C18H20N2OS/c1-4-5-10-20-11-19-17-16(18(20)21)15(13(3)22-17)14-8-6-12(2)7-9-14/h6-9,11H,4-5,10H2,1-3H3. The van der Waals surface area contributed by atoms with Crippen molar-refractivity contribution >= 4 is 21.6 Å². The number of thiophene rings is 1. The van der Waals surface area contributed by atoms with Gasteiger partial charge in [0.15, 0.2) is 0 Å². The van der Waals surface area contributed by atoms with Gasteiger partial charge in [-0.25, -0.2) is 4.98 Å². The number of benzene rings is 1. The van der Waals surface area contributed by atoms with E-state index < -0.39 is 0 Å². The van der Waals surface area contributed by atoms with Crippen molar-refractivity contribution in [2.75, 3.05) is 0 Å². The highest BCUT2D eigenvalue weighted by Crippen LogP contribution is 2.35. The van der Waals surface area contributed by atoms with E-state index in [4.69, 9.17) is 0 Å². The molecule has 0 spiro atoms. The molecule has 0 radical (unpaired) electrons. The summed E-state index contributed by atoms with van der Waals surface area (Å²) in [4.78, 5) is 19.3. The van der Waals surface area contributed by atoms with Crippen molar-refractivity contribution in [1.82, 2.24) is 9.55 Å². The van der Waals surface area contributed by atoms with Crippen LogP contribution < -0.4 is 5.56 Å². The van der Waals surface area contributed by atoms with Crippen molar-refractivity contribution in [3.05, 3.63) is 51.4 Å². The summed E-state index contributed by atoms with van der Waals surface area (Å²) in [5.41, 5.74) is 3.45. The molecule has 0 saturated carbocycles. The number of hydrogen-bond donors (Lipinski definition) is 0.